The van der Waals surface area contributed by atoms with Crippen LogP contribution in [0, 0.1) is 141 Å². The van der Waals surface area contributed by atoms with Gasteiger partial charge in [0.1, 0.15) is 11.2 Å². The van der Waals surface area contributed by atoms with Crippen molar-refractivity contribution in [1.29, 1.82) is 0 Å². The first-order valence-electron chi connectivity index (χ1n) is 36.6. The molecule has 2 N–H and O–H groups in total. The second-order valence-electron chi connectivity index (χ2n) is 33.0. The van der Waals surface area contributed by atoms with Crippen molar-refractivity contribution in [1.82, 2.24) is 0 Å². The Morgan fingerprint density at radius 2 is 0.951 bits per heavy atom. The minimum absolute atomic E-state index is 0. The van der Waals surface area contributed by atoms with Gasteiger partial charge in [-0.15, -0.1) is 0 Å². The molecular weight excluding hydrogens is 1290 g/mol. The summed E-state index contributed by atoms with van der Waals surface area (Å²) < 4.78 is 26.6. The van der Waals surface area contributed by atoms with Crippen molar-refractivity contribution >= 4 is 35.8 Å². The molecule has 13 heteroatoms. The van der Waals surface area contributed by atoms with Crippen LogP contribution in [0.4, 0.5) is 0 Å². The number of ether oxygens (including phenoxy) is 5. The first kappa shape index (κ1) is 113. The van der Waals surface area contributed by atoms with Crippen molar-refractivity contribution in [2.45, 2.75) is 392 Å². The molecule has 620 valence electrons. The number of carbonyl (C=O) groups is 6. The Morgan fingerprint density at radius 1 is 0.505 bits per heavy atom. The Hall–Kier alpha value is -3.06. The fraction of sp³-hybridized carbons (Fsp3) is 0.933. The number of hydrogen-bond acceptors (Lipinski definition) is 13. The molecule has 14 aliphatic rings. The van der Waals surface area contributed by atoms with Crippen LogP contribution in [0.1, 0.15) is 369 Å². The van der Waals surface area contributed by atoms with Gasteiger partial charge in [0.2, 0.25) is 0 Å². The standard InChI is InChI=1S/C22H36O2.C19H32O2.C14H22O3.C14H24O3.C6H8O3.15CH4/c1-4-14-11-15(5-2)20-17-12-16(19(14)20)13-18(17)21(23)24-22(6-3)9-7-8-10-22;1-6-17(2,3)16(20)21-18(4,5)19-10-13-7-14(11-19)9-15(8-13)12-19;1-7-8(2)11-5-9(7)6-12(11)13(15)10-3-4-17-14(10)16;1-3-9-7-10(4-2)12(8-9)13(15)11-5-6-17-14(11)16;1-3-4(2)6(8)9-5(3)7;;;;;;;;;;;;;;;/h14-20H,4-13H2,1-3H3;13-15H,6-12H2,1-5H3;7-13,15H,3-6H2,1-2H3;9-13,15H,3-8H2,1-2H3;3-4H,1-2H3;15*1H4. The number of rotatable bonds is 15. The normalized spacial score (nSPS) is 36.4. The van der Waals surface area contributed by atoms with E-state index in [9.17, 15) is 39.0 Å². The SMILES string of the molecule is C.C.C.C.C.C.C.C.C.C.C.C.C.C.C.CC1C(=O)OC(=O)C1C.CC1C2CC(C1C)C(C(O)C1CCOC1=O)C2.CCC(C)(C)C(=O)OC(C)(C)C12CC3CC(CC(C3)C1)C2.CCC1CC(CC)C(C(O)C2CCOC2=O)C1.CCC1CC(CC)C2C3CC(CC3C(=O)OC3(CC)CCCC3)C12. The predicted molar refractivity (Wildman–Crippen MR) is 440 cm³/mol. The van der Waals surface area contributed by atoms with Gasteiger partial charge in [-0.2, -0.15) is 0 Å². The highest BCUT2D eigenvalue weighted by Crippen LogP contribution is 2.67. The Bertz CT molecular complexity index is 2340. The second-order valence-corrected chi connectivity index (χ2v) is 33.0. The number of carbonyl (C=O) groups excluding carboxylic acids is 6. The monoisotopic (exact) mass is 1470 g/mol. The van der Waals surface area contributed by atoms with Gasteiger partial charge >= 0.3 is 35.8 Å². The number of aliphatic hydroxyl groups excluding tert-OH is 2. The summed E-state index contributed by atoms with van der Waals surface area (Å²) in [6.45, 7) is 30.8. The fourth-order valence-corrected chi connectivity index (χ4v) is 21.8. The van der Waals surface area contributed by atoms with E-state index in [1.54, 1.807) is 13.8 Å². The molecule has 11 aliphatic carbocycles. The zero-order valence-electron chi connectivity index (χ0n) is 57.3. The van der Waals surface area contributed by atoms with Gasteiger partial charge in [-0.05, 0) is 263 Å². The van der Waals surface area contributed by atoms with Crippen LogP contribution in [0.5, 0.6) is 0 Å². The number of aliphatic hydroxyl groups is 2. The molecule has 3 aliphatic heterocycles. The van der Waals surface area contributed by atoms with Crippen LogP contribution in [0.15, 0.2) is 0 Å². The molecular formula is C90H182O13. The van der Waals surface area contributed by atoms with Crippen molar-refractivity contribution < 1.29 is 62.7 Å². The molecule has 14 rings (SSSR count). The lowest BCUT2D eigenvalue weighted by molar-refractivity contribution is -0.206. The summed E-state index contributed by atoms with van der Waals surface area (Å²) in [4.78, 5) is 69.8. The molecule has 0 radical (unpaired) electrons. The lowest BCUT2D eigenvalue weighted by atomic mass is 9.46. The Morgan fingerprint density at radius 3 is 1.33 bits per heavy atom. The minimum Gasteiger partial charge on any atom is -0.465 e. The van der Waals surface area contributed by atoms with Gasteiger partial charge in [-0.1, -0.05) is 206 Å². The average Bonchev–Trinajstić information content (AvgIpc) is 1.70. The molecule has 8 bridgehead atoms. The summed E-state index contributed by atoms with van der Waals surface area (Å²) >= 11 is 0. The Kier molecular flexibility index (Phi) is 51.1. The van der Waals surface area contributed by atoms with E-state index in [2.05, 4.69) is 74.0 Å². The van der Waals surface area contributed by atoms with Gasteiger partial charge in [0, 0.05) is 5.41 Å². The Labute approximate surface area is 641 Å². The van der Waals surface area contributed by atoms with Crippen molar-refractivity contribution in [3.05, 3.63) is 0 Å². The molecule has 21 unspecified atom stereocenters. The van der Waals surface area contributed by atoms with E-state index in [4.69, 9.17) is 18.9 Å². The van der Waals surface area contributed by atoms with Crippen molar-refractivity contribution in [2.75, 3.05) is 13.2 Å². The molecule has 103 heavy (non-hydrogen) atoms. The fourth-order valence-electron chi connectivity index (χ4n) is 21.8. The average molecular weight is 1470 g/mol. The highest BCUT2D eigenvalue weighted by Gasteiger charge is 2.63. The third-order valence-electron chi connectivity index (χ3n) is 28.0. The van der Waals surface area contributed by atoms with Gasteiger partial charge in [0.05, 0.1) is 60.4 Å². The van der Waals surface area contributed by atoms with Crippen molar-refractivity contribution in [2.24, 2.45) is 141 Å². The maximum absolute atomic E-state index is 13.1. The van der Waals surface area contributed by atoms with E-state index in [0.717, 1.165) is 116 Å². The zero-order chi connectivity index (χ0) is 63.9. The zero-order valence-corrected chi connectivity index (χ0v) is 57.3. The van der Waals surface area contributed by atoms with Crippen molar-refractivity contribution in [3.63, 3.8) is 0 Å². The molecule has 13 nitrogen and oxygen atoms in total. The van der Waals surface area contributed by atoms with Crippen LogP contribution >= 0.6 is 0 Å². The molecule has 0 amide bonds. The Balaban J connectivity index is -0.000000220. The van der Waals surface area contributed by atoms with Gasteiger partial charge < -0.3 is 33.9 Å². The molecule has 0 aromatic heterocycles. The first-order valence-corrected chi connectivity index (χ1v) is 36.6. The summed E-state index contributed by atoms with van der Waals surface area (Å²) in [5, 5.41) is 20.9. The van der Waals surface area contributed by atoms with E-state index in [1.165, 1.54) is 96.3 Å². The second kappa shape index (κ2) is 46.4. The number of hydrogen-bond donors (Lipinski definition) is 2. The smallest absolute Gasteiger partial charge is 0.317 e. The van der Waals surface area contributed by atoms with Crippen LogP contribution in [0.25, 0.3) is 0 Å². The molecule has 0 aromatic carbocycles. The van der Waals surface area contributed by atoms with E-state index < -0.39 is 24.1 Å². The van der Waals surface area contributed by atoms with E-state index in [0.29, 0.717) is 61.6 Å². The third kappa shape index (κ3) is 23.3. The van der Waals surface area contributed by atoms with Crippen LogP contribution in [-0.4, -0.2) is 82.7 Å². The molecule has 0 spiro atoms. The van der Waals surface area contributed by atoms with Crippen LogP contribution < -0.4 is 0 Å². The maximum atomic E-state index is 13.1. The molecule has 11 saturated carbocycles. The largest absolute Gasteiger partial charge is 0.465 e. The van der Waals surface area contributed by atoms with Gasteiger partial charge in [0.15, 0.2) is 0 Å². The number of esters is 6. The highest BCUT2D eigenvalue weighted by molar-refractivity contribution is 5.95. The van der Waals surface area contributed by atoms with Crippen LogP contribution in [0.3, 0.4) is 0 Å². The summed E-state index contributed by atoms with van der Waals surface area (Å²) in [5.41, 5.74) is -0.530. The molecule has 14 fully saturated rings. The quantitative estimate of drug-likeness (QED) is 0.0896. The van der Waals surface area contributed by atoms with E-state index in [1.807, 2.05) is 13.8 Å². The van der Waals surface area contributed by atoms with E-state index in [-0.39, 0.29) is 187 Å². The van der Waals surface area contributed by atoms with Gasteiger partial charge in [0.25, 0.3) is 0 Å². The first-order chi connectivity index (χ1) is 41.7. The maximum Gasteiger partial charge on any atom is 0.317 e. The summed E-state index contributed by atoms with van der Waals surface area (Å²) in [6, 6.07) is 0. The molecule has 0 aromatic rings. The van der Waals surface area contributed by atoms with Crippen LogP contribution in [-0.2, 0) is 52.5 Å². The van der Waals surface area contributed by atoms with Crippen LogP contribution in [0.2, 0.25) is 0 Å². The topological polar surface area (TPSA) is 189 Å². The number of cyclic esters (lactones) is 4. The van der Waals surface area contributed by atoms with Gasteiger partial charge in [-0.3, -0.25) is 28.8 Å². The third-order valence-corrected chi connectivity index (χ3v) is 28.0. The molecule has 3 heterocycles. The minimum atomic E-state index is -0.480. The highest BCUT2D eigenvalue weighted by atomic mass is 16.6. The van der Waals surface area contributed by atoms with Crippen molar-refractivity contribution in [3.8, 4) is 0 Å². The summed E-state index contributed by atoms with van der Waals surface area (Å²) in [7, 11) is 0. The van der Waals surface area contributed by atoms with E-state index >= 15 is 0 Å². The lowest BCUT2D eigenvalue weighted by Gasteiger charge is -2.61. The summed E-state index contributed by atoms with van der Waals surface area (Å²) in [6.07, 6.45) is 28.6. The number of fused-ring (bicyclic) bond motifs is 7. The molecule has 21 atom stereocenters. The summed E-state index contributed by atoms with van der Waals surface area (Å²) in [5.74, 6) is 10.8. The lowest BCUT2D eigenvalue weighted by Crippen LogP contribution is -2.58. The van der Waals surface area contributed by atoms with Gasteiger partial charge in [-0.25, -0.2) is 0 Å². The predicted octanol–water partition coefficient (Wildman–Crippen LogP) is 24.7. The molecule has 3 saturated heterocycles.